The summed E-state index contributed by atoms with van der Waals surface area (Å²) in [7, 11) is 1.96. The molecule has 0 saturated carbocycles. The first-order valence-corrected chi connectivity index (χ1v) is 6.64. The van der Waals surface area contributed by atoms with E-state index >= 15 is 0 Å². The number of hydrogen-bond donors (Lipinski definition) is 1. The highest BCUT2D eigenvalue weighted by molar-refractivity contribution is 6.31. The molecule has 0 spiro atoms. The molecule has 2 heteroatoms. The van der Waals surface area contributed by atoms with E-state index in [4.69, 9.17) is 11.6 Å². The fraction of sp³-hybridized carbons (Fsp3) is 0.250. The van der Waals surface area contributed by atoms with Gasteiger partial charge in [-0.3, -0.25) is 0 Å². The number of aryl methyl sites for hydroxylation is 1. The third-order valence-electron chi connectivity index (χ3n) is 3.23. The van der Waals surface area contributed by atoms with E-state index in [-0.39, 0.29) is 6.04 Å². The number of hydrogen-bond acceptors (Lipinski definition) is 1. The van der Waals surface area contributed by atoms with Crippen molar-refractivity contribution in [3.8, 4) is 0 Å². The summed E-state index contributed by atoms with van der Waals surface area (Å²) in [5.41, 5.74) is 3.71. The Balaban J connectivity index is 2.36. The SMILES string of the molecule is CCc1ccc(C(NC)c2ccccc2Cl)cc1. The minimum absolute atomic E-state index is 0.143. The first-order valence-electron chi connectivity index (χ1n) is 6.26. The second-order valence-electron chi connectivity index (χ2n) is 4.34. The van der Waals surface area contributed by atoms with Gasteiger partial charge in [0, 0.05) is 5.02 Å². The Bertz CT molecular complexity index is 505. The van der Waals surface area contributed by atoms with Crippen LogP contribution in [0.25, 0.3) is 0 Å². The molecule has 1 atom stereocenters. The van der Waals surface area contributed by atoms with E-state index in [1.165, 1.54) is 11.1 Å². The van der Waals surface area contributed by atoms with Crippen molar-refractivity contribution < 1.29 is 0 Å². The molecule has 1 unspecified atom stereocenters. The summed E-state index contributed by atoms with van der Waals surface area (Å²) in [6.07, 6.45) is 1.07. The predicted molar refractivity (Wildman–Crippen MR) is 78.2 cm³/mol. The topological polar surface area (TPSA) is 12.0 Å². The minimum Gasteiger partial charge on any atom is -0.309 e. The van der Waals surface area contributed by atoms with Crippen molar-refractivity contribution in [1.82, 2.24) is 5.32 Å². The lowest BCUT2D eigenvalue weighted by Gasteiger charge is -2.18. The van der Waals surface area contributed by atoms with Crippen LogP contribution < -0.4 is 5.32 Å². The third kappa shape index (κ3) is 2.74. The van der Waals surface area contributed by atoms with Gasteiger partial charge in [0.2, 0.25) is 0 Å². The van der Waals surface area contributed by atoms with Crippen LogP contribution in [0.15, 0.2) is 48.5 Å². The van der Waals surface area contributed by atoms with E-state index in [2.05, 4.69) is 42.6 Å². The number of halogens is 1. The Hall–Kier alpha value is -1.31. The van der Waals surface area contributed by atoms with Gasteiger partial charge in [-0.2, -0.15) is 0 Å². The molecule has 0 aliphatic carbocycles. The van der Waals surface area contributed by atoms with Gasteiger partial charge in [0.15, 0.2) is 0 Å². The minimum atomic E-state index is 0.143. The molecule has 0 aliphatic heterocycles. The summed E-state index contributed by atoms with van der Waals surface area (Å²) >= 11 is 6.27. The summed E-state index contributed by atoms with van der Waals surface area (Å²) in [5.74, 6) is 0. The van der Waals surface area contributed by atoms with Crippen LogP contribution >= 0.6 is 11.6 Å². The van der Waals surface area contributed by atoms with E-state index in [1.54, 1.807) is 0 Å². The molecule has 1 nitrogen and oxygen atoms in total. The molecule has 0 heterocycles. The largest absolute Gasteiger partial charge is 0.309 e. The van der Waals surface area contributed by atoms with Crippen LogP contribution in [0.4, 0.5) is 0 Å². The molecule has 0 amide bonds. The number of rotatable bonds is 4. The molecule has 1 N–H and O–H groups in total. The van der Waals surface area contributed by atoms with Crippen molar-refractivity contribution >= 4 is 11.6 Å². The van der Waals surface area contributed by atoms with Gasteiger partial charge in [-0.15, -0.1) is 0 Å². The predicted octanol–water partition coefficient (Wildman–Crippen LogP) is 4.21. The van der Waals surface area contributed by atoms with Crippen LogP contribution in [0, 0.1) is 0 Å². The maximum atomic E-state index is 6.27. The van der Waals surface area contributed by atoms with E-state index in [0.717, 1.165) is 17.0 Å². The smallest absolute Gasteiger partial charge is 0.0589 e. The standard InChI is InChI=1S/C16H18ClN/c1-3-12-8-10-13(11-9-12)16(18-2)14-6-4-5-7-15(14)17/h4-11,16,18H,3H2,1-2H3. The van der Waals surface area contributed by atoms with Crippen LogP contribution in [0.2, 0.25) is 5.02 Å². The van der Waals surface area contributed by atoms with E-state index in [9.17, 15) is 0 Å². The van der Waals surface area contributed by atoms with Gasteiger partial charge in [-0.1, -0.05) is 61.0 Å². The van der Waals surface area contributed by atoms with Gasteiger partial charge < -0.3 is 5.32 Å². The van der Waals surface area contributed by atoms with Gasteiger partial charge in [0.25, 0.3) is 0 Å². The second kappa shape index (κ2) is 6.03. The molecule has 0 radical (unpaired) electrons. The molecule has 0 saturated heterocycles. The van der Waals surface area contributed by atoms with Crippen molar-refractivity contribution in [3.63, 3.8) is 0 Å². The zero-order chi connectivity index (χ0) is 13.0. The molecule has 2 aromatic rings. The molecule has 0 fully saturated rings. The van der Waals surface area contributed by atoms with Crippen molar-refractivity contribution in [2.75, 3.05) is 7.05 Å². The molecule has 2 aromatic carbocycles. The molecule has 0 aliphatic rings. The zero-order valence-corrected chi connectivity index (χ0v) is 11.5. The Kier molecular flexibility index (Phi) is 4.40. The van der Waals surface area contributed by atoms with Crippen LogP contribution in [0.1, 0.15) is 29.7 Å². The Morgan fingerprint density at radius 3 is 2.28 bits per heavy atom. The van der Waals surface area contributed by atoms with Gasteiger partial charge >= 0.3 is 0 Å². The number of benzene rings is 2. The summed E-state index contributed by atoms with van der Waals surface area (Å²) < 4.78 is 0. The molecule has 0 aromatic heterocycles. The maximum absolute atomic E-state index is 6.27. The van der Waals surface area contributed by atoms with Crippen molar-refractivity contribution in [3.05, 3.63) is 70.2 Å². The fourth-order valence-electron chi connectivity index (χ4n) is 2.16. The Labute approximate surface area is 114 Å². The van der Waals surface area contributed by atoms with Crippen molar-refractivity contribution in [2.24, 2.45) is 0 Å². The summed E-state index contributed by atoms with van der Waals surface area (Å²) in [4.78, 5) is 0. The van der Waals surface area contributed by atoms with E-state index in [1.807, 2.05) is 25.2 Å². The van der Waals surface area contributed by atoms with Crippen LogP contribution in [-0.4, -0.2) is 7.05 Å². The second-order valence-corrected chi connectivity index (χ2v) is 4.75. The third-order valence-corrected chi connectivity index (χ3v) is 3.57. The lowest BCUT2D eigenvalue weighted by Crippen LogP contribution is -2.18. The van der Waals surface area contributed by atoms with Gasteiger partial charge in [0.05, 0.1) is 6.04 Å². The Morgan fingerprint density at radius 2 is 1.72 bits per heavy atom. The molecule has 94 valence electrons. The van der Waals surface area contributed by atoms with E-state index < -0.39 is 0 Å². The molecular weight excluding hydrogens is 242 g/mol. The molecule has 2 rings (SSSR count). The highest BCUT2D eigenvalue weighted by Gasteiger charge is 2.14. The molecule has 0 bridgehead atoms. The van der Waals surface area contributed by atoms with Gasteiger partial charge in [0.1, 0.15) is 0 Å². The van der Waals surface area contributed by atoms with Crippen LogP contribution in [0.5, 0.6) is 0 Å². The first kappa shape index (κ1) is 13.1. The van der Waals surface area contributed by atoms with Gasteiger partial charge in [-0.05, 0) is 36.2 Å². The molecular formula is C16H18ClN. The first-order chi connectivity index (χ1) is 8.76. The highest BCUT2D eigenvalue weighted by atomic mass is 35.5. The highest BCUT2D eigenvalue weighted by Crippen LogP contribution is 2.28. The van der Waals surface area contributed by atoms with Crippen molar-refractivity contribution in [1.29, 1.82) is 0 Å². The summed E-state index contributed by atoms with van der Waals surface area (Å²) in [6, 6.07) is 16.8. The van der Waals surface area contributed by atoms with Crippen LogP contribution in [0.3, 0.4) is 0 Å². The Morgan fingerprint density at radius 1 is 1.06 bits per heavy atom. The zero-order valence-electron chi connectivity index (χ0n) is 10.8. The monoisotopic (exact) mass is 259 g/mol. The average Bonchev–Trinajstić information content (AvgIpc) is 2.42. The average molecular weight is 260 g/mol. The lowest BCUT2D eigenvalue weighted by molar-refractivity contribution is 0.691. The lowest BCUT2D eigenvalue weighted by atomic mass is 9.97. The summed E-state index contributed by atoms with van der Waals surface area (Å²) in [6.45, 7) is 2.17. The van der Waals surface area contributed by atoms with E-state index in [0.29, 0.717) is 0 Å². The number of nitrogens with one attached hydrogen (secondary N) is 1. The normalized spacial score (nSPS) is 12.4. The maximum Gasteiger partial charge on any atom is 0.0589 e. The fourth-order valence-corrected chi connectivity index (χ4v) is 2.40. The summed E-state index contributed by atoms with van der Waals surface area (Å²) in [5, 5.41) is 4.13. The van der Waals surface area contributed by atoms with Crippen molar-refractivity contribution in [2.45, 2.75) is 19.4 Å². The quantitative estimate of drug-likeness (QED) is 0.867. The molecule has 18 heavy (non-hydrogen) atoms. The van der Waals surface area contributed by atoms with Gasteiger partial charge in [-0.25, -0.2) is 0 Å². The van der Waals surface area contributed by atoms with Crippen LogP contribution in [-0.2, 0) is 6.42 Å².